The SMILES string of the molecule is CN1CCN(CC2=CCC(NC(=O)c3ccc(-c4cncc5ccccc45)c4nccnc34)=N2)CC1. The first-order valence-corrected chi connectivity index (χ1v) is 12.2. The van der Waals surface area contributed by atoms with Gasteiger partial charge in [-0.2, -0.15) is 0 Å². The van der Waals surface area contributed by atoms with Gasteiger partial charge in [-0.25, -0.2) is 4.99 Å². The number of hydrogen-bond acceptors (Lipinski definition) is 7. The van der Waals surface area contributed by atoms with Crippen molar-refractivity contribution < 1.29 is 4.79 Å². The molecule has 4 heterocycles. The van der Waals surface area contributed by atoms with Crippen molar-refractivity contribution in [2.24, 2.45) is 4.99 Å². The maximum atomic E-state index is 13.3. The number of carbonyl (C=O) groups excluding carboxylic acids is 1. The Morgan fingerprint density at radius 1 is 0.944 bits per heavy atom. The van der Waals surface area contributed by atoms with Gasteiger partial charge in [0.25, 0.3) is 5.91 Å². The Labute approximate surface area is 209 Å². The third kappa shape index (κ3) is 4.36. The van der Waals surface area contributed by atoms with Crippen molar-refractivity contribution in [3.8, 4) is 11.1 Å². The normalized spacial score (nSPS) is 16.8. The second-order valence-electron chi connectivity index (χ2n) is 9.31. The van der Waals surface area contributed by atoms with Crippen LogP contribution in [-0.2, 0) is 0 Å². The summed E-state index contributed by atoms with van der Waals surface area (Å²) in [5.74, 6) is 0.444. The smallest absolute Gasteiger partial charge is 0.258 e. The third-order valence-corrected chi connectivity index (χ3v) is 6.88. The number of likely N-dealkylation sites (N-methyl/N-ethyl adjacent to an activating group) is 1. The van der Waals surface area contributed by atoms with Crippen molar-refractivity contribution in [2.45, 2.75) is 6.42 Å². The lowest BCUT2D eigenvalue weighted by atomic mass is 9.97. The minimum Gasteiger partial charge on any atom is -0.310 e. The maximum absolute atomic E-state index is 13.3. The molecule has 8 nitrogen and oxygen atoms in total. The summed E-state index contributed by atoms with van der Waals surface area (Å²) in [6, 6.07) is 11.9. The van der Waals surface area contributed by atoms with Gasteiger partial charge < -0.3 is 10.2 Å². The van der Waals surface area contributed by atoms with Gasteiger partial charge in [-0.3, -0.25) is 24.6 Å². The van der Waals surface area contributed by atoms with Crippen molar-refractivity contribution in [1.82, 2.24) is 30.1 Å². The van der Waals surface area contributed by atoms with Gasteiger partial charge in [0.05, 0.1) is 16.8 Å². The molecule has 0 bridgehead atoms. The van der Waals surface area contributed by atoms with Crippen molar-refractivity contribution >= 4 is 33.5 Å². The summed E-state index contributed by atoms with van der Waals surface area (Å²) < 4.78 is 0. The fourth-order valence-electron chi connectivity index (χ4n) is 4.88. The van der Waals surface area contributed by atoms with Crippen molar-refractivity contribution in [1.29, 1.82) is 0 Å². The summed E-state index contributed by atoms with van der Waals surface area (Å²) >= 11 is 0. The van der Waals surface area contributed by atoms with E-state index in [0.29, 0.717) is 28.9 Å². The first kappa shape index (κ1) is 22.5. The minimum atomic E-state index is -0.226. The number of benzene rings is 2. The summed E-state index contributed by atoms with van der Waals surface area (Å²) in [6.45, 7) is 5.02. The molecule has 2 aromatic carbocycles. The van der Waals surface area contributed by atoms with Crippen LogP contribution < -0.4 is 5.32 Å². The lowest BCUT2D eigenvalue weighted by molar-refractivity contribution is 0.0978. The number of fused-ring (bicyclic) bond motifs is 2. The number of rotatable bonds is 4. The zero-order chi connectivity index (χ0) is 24.5. The number of amides is 1. The maximum Gasteiger partial charge on any atom is 0.258 e. The highest BCUT2D eigenvalue weighted by molar-refractivity contribution is 6.15. The molecule has 1 saturated heterocycles. The molecule has 4 aromatic rings. The van der Waals surface area contributed by atoms with Crippen LogP contribution in [0.4, 0.5) is 0 Å². The lowest BCUT2D eigenvalue weighted by Crippen LogP contribution is -2.44. The van der Waals surface area contributed by atoms with Crippen LogP contribution in [0.3, 0.4) is 0 Å². The molecule has 1 N–H and O–H groups in total. The monoisotopic (exact) mass is 477 g/mol. The second-order valence-corrected chi connectivity index (χ2v) is 9.31. The Hall–Kier alpha value is -4.01. The van der Waals surface area contributed by atoms with Gasteiger partial charge in [-0.1, -0.05) is 36.4 Å². The van der Waals surface area contributed by atoms with Crippen LogP contribution in [0.15, 0.2) is 78.0 Å². The fourth-order valence-corrected chi connectivity index (χ4v) is 4.88. The summed E-state index contributed by atoms with van der Waals surface area (Å²) in [5, 5.41) is 5.13. The number of nitrogens with zero attached hydrogens (tertiary/aromatic N) is 6. The third-order valence-electron chi connectivity index (χ3n) is 6.88. The number of piperazine rings is 1. The van der Waals surface area contributed by atoms with Crippen LogP contribution >= 0.6 is 0 Å². The minimum absolute atomic E-state index is 0.226. The molecule has 0 spiro atoms. The van der Waals surface area contributed by atoms with E-state index < -0.39 is 0 Å². The number of amidine groups is 1. The number of aromatic nitrogens is 3. The van der Waals surface area contributed by atoms with E-state index in [4.69, 9.17) is 4.99 Å². The standard InChI is InChI=1S/C28H27N7O/c1-34-12-14-35(15-13-34)18-20-6-9-25(32-20)33-28(36)23-8-7-22(26-27(23)31-11-10-30-26)24-17-29-16-19-4-2-3-5-21(19)24/h2-8,10-11,16-17H,9,12-15,18H2,1H3,(H,32,33,36). The van der Waals surface area contributed by atoms with E-state index in [1.54, 1.807) is 12.4 Å². The van der Waals surface area contributed by atoms with Gasteiger partial charge in [-0.15, -0.1) is 0 Å². The predicted molar refractivity (Wildman–Crippen MR) is 142 cm³/mol. The summed E-state index contributed by atoms with van der Waals surface area (Å²) in [6.07, 6.45) is 9.69. The van der Waals surface area contributed by atoms with Crippen LogP contribution in [0, 0.1) is 0 Å². The molecular weight excluding hydrogens is 450 g/mol. The molecule has 8 heteroatoms. The Morgan fingerprint density at radius 2 is 1.75 bits per heavy atom. The predicted octanol–water partition coefficient (Wildman–Crippen LogP) is 3.51. The van der Waals surface area contributed by atoms with E-state index in [-0.39, 0.29) is 5.91 Å². The van der Waals surface area contributed by atoms with E-state index in [1.807, 2.05) is 42.7 Å². The highest BCUT2D eigenvalue weighted by atomic mass is 16.1. The number of aliphatic imine (C=N–C) groups is 1. The van der Waals surface area contributed by atoms with Crippen LogP contribution in [0.5, 0.6) is 0 Å². The van der Waals surface area contributed by atoms with Crippen LogP contribution in [0.25, 0.3) is 32.9 Å². The van der Waals surface area contributed by atoms with E-state index in [9.17, 15) is 4.79 Å². The van der Waals surface area contributed by atoms with Gasteiger partial charge in [-0.05, 0) is 18.5 Å². The van der Waals surface area contributed by atoms with E-state index >= 15 is 0 Å². The first-order valence-electron chi connectivity index (χ1n) is 12.2. The molecule has 1 fully saturated rings. The van der Waals surface area contributed by atoms with E-state index in [0.717, 1.165) is 60.3 Å². The molecule has 0 aliphatic carbocycles. The Morgan fingerprint density at radius 3 is 2.61 bits per heavy atom. The molecule has 0 radical (unpaired) electrons. The summed E-state index contributed by atoms with van der Waals surface area (Å²) in [4.78, 5) is 36.3. The first-order chi connectivity index (χ1) is 17.7. The van der Waals surface area contributed by atoms with Gasteiger partial charge in [0.15, 0.2) is 0 Å². The van der Waals surface area contributed by atoms with Crippen LogP contribution in [0.2, 0.25) is 0 Å². The molecule has 0 unspecified atom stereocenters. The lowest BCUT2D eigenvalue weighted by Gasteiger charge is -2.32. The summed E-state index contributed by atoms with van der Waals surface area (Å²) in [5.41, 5.74) is 4.58. The summed E-state index contributed by atoms with van der Waals surface area (Å²) in [7, 11) is 2.15. The Kier molecular flexibility index (Phi) is 5.96. The zero-order valence-electron chi connectivity index (χ0n) is 20.2. The van der Waals surface area contributed by atoms with Crippen molar-refractivity contribution in [3.63, 3.8) is 0 Å². The van der Waals surface area contributed by atoms with Crippen molar-refractivity contribution in [2.75, 3.05) is 39.8 Å². The average Bonchev–Trinajstić information content (AvgIpc) is 3.35. The fraction of sp³-hybridized carbons (Fsp3) is 0.250. The Bertz CT molecular complexity index is 1510. The second kappa shape index (κ2) is 9.56. The molecule has 2 aliphatic heterocycles. The van der Waals surface area contributed by atoms with Crippen LogP contribution in [0.1, 0.15) is 16.8 Å². The van der Waals surface area contributed by atoms with E-state index in [2.05, 4.69) is 49.3 Å². The molecule has 0 saturated carbocycles. The van der Waals surface area contributed by atoms with Crippen molar-refractivity contribution in [3.05, 3.63) is 78.5 Å². The number of pyridine rings is 1. The molecule has 6 rings (SSSR count). The van der Waals surface area contributed by atoms with Gasteiger partial charge >= 0.3 is 0 Å². The van der Waals surface area contributed by atoms with E-state index in [1.165, 1.54) is 0 Å². The van der Waals surface area contributed by atoms with Gasteiger partial charge in [0.2, 0.25) is 0 Å². The molecule has 1 amide bonds. The highest BCUT2D eigenvalue weighted by Crippen LogP contribution is 2.33. The average molecular weight is 478 g/mol. The number of nitrogens with one attached hydrogen (secondary N) is 1. The zero-order valence-corrected chi connectivity index (χ0v) is 20.2. The molecule has 2 aliphatic rings. The quantitative estimate of drug-likeness (QED) is 0.484. The molecule has 0 atom stereocenters. The molecule has 180 valence electrons. The molecule has 2 aromatic heterocycles. The topological polar surface area (TPSA) is 86.6 Å². The molecular formula is C28H27N7O. The highest BCUT2D eigenvalue weighted by Gasteiger charge is 2.21. The van der Waals surface area contributed by atoms with Crippen LogP contribution in [-0.4, -0.2) is 76.3 Å². The number of carbonyl (C=O) groups is 1. The largest absolute Gasteiger partial charge is 0.310 e. The van der Waals surface area contributed by atoms with Gasteiger partial charge in [0.1, 0.15) is 11.4 Å². The Balaban J connectivity index is 1.25. The van der Waals surface area contributed by atoms with Gasteiger partial charge in [0, 0.05) is 80.4 Å². The molecule has 36 heavy (non-hydrogen) atoms. The number of hydrogen-bond donors (Lipinski definition) is 1.